The molecule has 0 aliphatic rings. The number of hydrogen-bond acceptors (Lipinski definition) is 4. The summed E-state index contributed by atoms with van der Waals surface area (Å²) in [6.45, 7) is 8.17. The first-order valence-corrected chi connectivity index (χ1v) is 5.78. The molecule has 0 heterocycles. The largest absolute Gasteiger partial charge is 0.396 e. The number of allylic oxidation sites excluding steroid dienone is 1. The molecule has 3 N–H and O–H groups in total. The zero-order valence-electron chi connectivity index (χ0n) is 10.9. The lowest BCUT2D eigenvalue weighted by Gasteiger charge is -2.24. The molecule has 17 heavy (non-hydrogen) atoms. The fourth-order valence-electron chi connectivity index (χ4n) is 0.801. The van der Waals surface area contributed by atoms with Gasteiger partial charge in [0.15, 0.2) is 0 Å². The van der Waals surface area contributed by atoms with Gasteiger partial charge in [-0.25, -0.2) is 0 Å². The van der Waals surface area contributed by atoms with E-state index in [2.05, 4.69) is 6.58 Å². The van der Waals surface area contributed by atoms with Crippen LogP contribution in [0.15, 0.2) is 24.8 Å². The quantitative estimate of drug-likeness (QED) is 0.443. The van der Waals surface area contributed by atoms with Gasteiger partial charge in [-0.1, -0.05) is 25.2 Å². The van der Waals surface area contributed by atoms with E-state index in [1.165, 1.54) is 0 Å². The lowest BCUT2D eigenvalue weighted by atomic mass is 9.88. The molecular formula is C13H26O4. The highest BCUT2D eigenvalue weighted by atomic mass is 16.5. The number of ether oxygens (including phenoxy) is 1. The van der Waals surface area contributed by atoms with Gasteiger partial charge in [0.25, 0.3) is 0 Å². The predicted octanol–water partition coefficient (Wildman–Crippen LogP) is 1.12. The topological polar surface area (TPSA) is 69.9 Å². The summed E-state index contributed by atoms with van der Waals surface area (Å²) in [4.78, 5) is 0. The maximum atomic E-state index is 8.66. The van der Waals surface area contributed by atoms with Crippen LogP contribution >= 0.6 is 0 Å². The first-order chi connectivity index (χ1) is 8.16. The van der Waals surface area contributed by atoms with Crippen LogP contribution in [0.2, 0.25) is 0 Å². The molecule has 0 radical (unpaired) electrons. The van der Waals surface area contributed by atoms with Crippen LogP contribution in [0, 0.1) is 5.41 Å². The molecule has 0 aromatic rings. The highest BCUT2D eigenvalue weighted by Gasteiger charge is 2.24. The normalized spacial score (nSPS) is 11.1. The number of aliphatic hydroxyl groups is 3. The average Bonchev–Trinajstić information content (AvgIpc) is 2.39. The maximum absolute atomic E-state index is 8.66. The molecule has 0 atom stereocenters. The van der Waals surface area contributed by atoms with Crippen LogP contribution in [-0.4, -0.2) is 48.4 Å². The maximum Gasteiger partial charge on any atom is 0.0651 e. The third-order valence-corrected chi connectivity index (χ3v) is 2.44. The van der Waals surface area contributed by atoms with Crippen LogP contribution in [-0.2, 0) is 4.74 Å². The van der Waals surface area contributed by atoms with Gasteiger partial charge in [0.05, 0.1) is 33.0 Å². The van der Waals surface area contributed by atoms with Crippen LogP contribution in [0.25, 0.3) is 0 Å². The molecule has 0 aliphatic carbocycles. The van der Waals surface area contributed by atoms with Crippen molar-refractivity contribution in [2.75, 3.05) is 33.0 Å². The Morgan fingerprint density at radius 1 is 1.12 bits per heavy atom. The van der Waals surface area contributed by atoms with Crippen molar-refractivity contribution in [1.82, 2.24) is 0 Å². The Balaban J connectivity index is 0. The van der Waals surface area contributed by atoms with E-state index in [0.29, 0.717) is 19.6 Å². The molecule has 0 saturated heterocycles. The monoisotopic (exact) mass is 246 g/mol. The average molecular weight is 246 g/mol. The summed E-state index contributed by atoms with van der Waals surface area (Å²) in [5.41, 5.74) is -0.667. The van der Waals surface area contributed by atoms with Gasteiger partial charge in [-0.2, -0.15) is 0 Å². The summed E-state index contributed by atoms with van der Waals surface area (Å²) in [6.07, 6.45) is 6.26. The van der Waals surface area contributed by atoms with Gasteiger partial charge in [-0.3, -0.25) is 0 Å². The molecule has 0 spiro atoms. The number of hydrogen-bond donors (Lipinski definition) is 3. The molecule has 0 unspecified atom stereocenters. The van der Waals surface area contributed by atoms with Crippen molar-refractivity contribution < 1.29 is 20.1 Å². The highest BCUT2D eigenvalue weighted by molar-refractivity contribution is 4.76. The first-order valence-electron chi connectivity index (χ1n) is 5.78. The van der Waals surface area contributed by atoms with Crippen LogP contribution in [0.4, 0.5) is 0 Å². The molecule has 0 bridgehead atoms. The van der Waals surface area contributed by atoms with Crippen LogP contribution in [0.5, 0.6) is 0 Å². The van der Waals surface area contributed by atoms with E-state index in [1.807, 2.05) is 26.0 Å². The second kappa shape index (κ2) is 13.4. The summed E-state index contributed by atoms with van der Waals surface area (Å²) in [5.74, 6) is 0. The second-order valence-electron chi connectivity index (χ2n) is 3.72. The van der Waals surface area contributed by atoms with E-state index in [4.69, 9.17) is 20.1 Å². The summed E-state index contributed by atoms with van der Waals surface area (Å²) >= 11 is 0. The van der Waals surface area contributed by atoms with Crippen molar-refractivity contribution in [3.8, 4) is 0 Å². The lowest BCUT2D eigenvalue weighted by molar-refractivity contribution is 0.00304. The summed E-state index contributed by atoms with van der Waals surface area (Å²) in [7, 11) is 0. The Labute approximate surface area is 104 Å². The first kappa shape index (κ1) is 18.7. The number of aliphatic hydroxyl groups excluding tert-OH is 3. The smallest absolute Gasteiger partial charge is 0.0651 e. The van der Waals surface area contributed by atoms with Gasteiger partial charge >= 0.3 is 0 Å². The molecule has 0 aromatic carbocycles. The van der Waals surface area contributed by atoms with Gasteiger partial charge in [0.1, 0.15) is 0 Å². The van der Waals surface area contributed by atoms with Crippen molar-refractivity contribution in [3.63, 3.8) is 0 Å². The fraction of sp³-hybridized carbons (Fsp3) is 0.692. The van der Waals surface area contributed by atoms with Gasteiger partial charge < -0.3 is 20.1 Å². The Morgan fingerprint density at radius 2 is 1.65 bits per heavy atom. The predicted molar refractivity (Wildman–Crippen MR) is 69.8 cm³/mol. The molecule has 4 nitrogen and oxygen atoms in total. The van der Waals surface area contributed by atoms with E-state index >= 15 is 0 Å². The van der Waals surface area contributed by atoms with E-state index in [1.54, 1.807) is 6.08 Å². The van der Waals surface area contributed by atoms with Crippen molar-refractivity contribution >= 4 is 0 Å². The van der Waals surface area contributed by atoms with Crippen molar-refractivity contribution in [2.45, 2.75) is 20.3 Å². The number of rotatable bonds is 8. The van der Waals surface area contributed by atoms with Crippen molar-refractivity contribution in [3.05, 3.63) is 24.8 Å². The molecular weight excluding hydrogens is 220 g/mol. The second-order valence-corrected chi connectivity index (χ2v) is 3.72. The van der Waals surface area contributed by atoms with Gasteiger partial charge in [0, 0.05) is 5.41 Å². The lowest BCUT2D eigenvalue weighted by Crippen LogP contribution is -2.32. The minimum Gasteiger partial charge on any atom is -0.396 e. The molecule has 0 saturated carbocycles. The van der Waals surface area contributed by atoms with Crippen LogP contribution < -0.4 is 0 Å². The SMILES string of the molecule is C=CCOC/C=C/C.CCC(CO)(CO)CO. The molecule has 0 fully saturated rings. The minimum absolute atomic E-state index is 0.156. The highest BCUT2D eigenvalue weighted by Crippen LogP contribution is 2.18. The Bertz CT molecular complexity index is 168. The Kier molecular flexibility index (Phi) is 14.7. The minimum atomic E-state index is -0.667. The zero-order valence-corrected chi connectivity index (χ0v) is 10.9. The van der Waals surface area contributed by atoms with E-state index in [-0.39, 0.29) is 19.8 Å². The molecule has 0 amide bonds. The van der Waals surface area contributed by atoms with E-state index in [0.717, 1.165) is 0 Å². The van der Waals surface area contributed by atoms with Gasteiger partial charge in [0.2, 0.25) is 0 Å². The van der Waals surface area contributed by atoms with Crippen LogP contribution in [0.1, 0.15) is 20.3 Å². The molecule has 0 aromatic heterocycles. The molecule has 0 rings (SSSR count). The zero-order chi connectivity index (χ0) is 13.6. The van der Waals surface area contributed by atoms with Gasteiger partial charge in [-0.05, 0) is 13.3 Å². The fourth-order valence-corrected chi connectivity index (χ4v) is 0.801. The Morgan fingerprint density at radius 3 is 1.88 bits per heavy atom. The third-order valence-electron chi connectivity index (χ3n) is 2.44. The summed E-state index contributed by atoms with van der Waals surface area (Å²) in [5, 5.41) is 26.0. The standard InChI is InChI=1S/C7H12O.C6H14O3/c1-3-5-7-8-6-4-2;1-2-6(3-7,4-8)5-9/h3-5H,2,6-7H2,1H3;7-9H,2-5H2,1H3/b5-3+;. The molecule has 0 aliphatic heterocycles. The molecule has 4 heteroatoms. The third kappa shape index (κ3) is 10.2. The van der Waals surface area contributed by atoms with Gasteiger partial charge in [-0.15, -0.1) is 6.58 Å². The summed E-state index contributed by atoms with van der Waals surface area (Å²) in [6, 6.07) is 0. The van der Waals surface area contributed by atoms with E-state index < -0.39 is 5.41 Å². The van der Waals surface area contributed by atoms with Crippen LogP contribution in [0.3, 0.4) is 0 Å². The van der Waals surface area contributed by atoms with E-state index in [9.17, 15) is 0 Å². The Hall–Kier alpha value is -0.680. The van der Waals surface area contributed by atoms with Crippen molar-refractivity contribution in [2.24, 2.45) is 5.41 Å². The van der Waals surface area contributed by atoms with Crippen molar-refractivity contribution in [1.29, 1.82) is 0 Å². The summed E-state index contributed by atoms with van der Waals surface area (Å²) < 4.78 is 5.02. The molecule has 102 valence electrons.